The Morgan fingerprint density at radius 2 is 2.08 bits per heavy atom. The first-order valence-corrected chi connectivity index (χ1v) is 8.41. The minimum atomic E-state index is -0.306. The molecule has 3 aromatic heterocycles. The Bertz CT molecular complexity index is 1090. The molecule has 4 rings (SSSR count). The number of carbonyl (C=O) groups excluding carboxylic acids is 1. The van der Waals surface area contributed by atoms with Crippen molar-refractivity contribution in [1.82, 2.24) is 14.5 Å². The Morgan fingerprint density at radius 3 is 2.92 bits per heavy atom. The largest absolute Gasteiger partial charge is 0.345 e. The lowest BCUT2D eigenvalue weighted by atomic mass is 10.2. The van der Waals surface area contributed by atoms with Gasteiger partial charge in [-0.1, -0.05) is 11.6 Å². The van der Waals surface area contributed by atoms with Gasteiger partial charge in [-0.3, -0.25) is 9.36 Å². The van der Waals surface area contributed by atoms with E-state index in [4.69, 9.17) is 11.6 Å². The van der Waals surface area contributed by atoms with Crippen molar-refractivity contribution in [2.75, 3.05) is 0 Å². The number of pyridine rings is 1. The van der Waals surface area contributed by atoms with Gasteiger partial charge in [0.05, 0.1) is 5.56 Å². The number of amides is 1. The molecule has 1 amide bonds. The lowest BCUT2D eigenvalue weighted by molar-refractivity contribution is 0.0999. The van der Waals surface area contributed by atoms with Gasteiger partial charge < -0.3 is 4.98 Å². The maximum atomic E-state index is 12.6. The summed E-state index contributed by atoms with van der Waals surface area (Å²) in [4.78, 5) is 24.6. The topological polar surface area (TPSA) is 63.0 Å². The van der Waals surface area contributed by atoms with Gasteiger partial charge in [-0.2, -0.15) is 4.99 Å². The van der Waals surface area contributed by atoms with Crippen molar-refractivity contribution in [2.45, 2.75) is 0 Å². The van der Waals surface area contributed by atoms with E-state index in [0.717, 1.165) is 11.1 Å². The van der Waals surface area contributed by atoms with Gasteiger partial charge in [0, 0.05) is 40.1 Å². The summed E-state index contributed by atoms with van der Waals surface area (Å²) in [5.41, 5.74) is 2.08. The average molecular weight is 355 g/mol. The van der Waals surface area contributed by atoms with Crippen molar-refractivity contribution in [3.05, 3.63) is 75.8 Å². The van der Waals surface area contributed by atoms with Crippen LogP contribution in [0.15, 0.2) is 65.4 Å². The molecule has 24 heavy (non-hydrogen) atoms. The highest BCUT2D eigenvalue weighted by atomic mass is 35.5. The molecule has 0 aliphatic carbocycles. The van der Waals surface area contributed by atoms with Gasteiger partial charge in [0.15, 0.2) is 4.80 Å². The summed E-state index contributed by atoms with van der Waals surface area (Å²) in [6.07, 6.45) is 5.19. The number of aromatic amines is 1. The van der Waals surface area contributed by atoms with Gasteiger partial charge in [-0.25, -0.2) is 4.98 Å². The molecule has 0 saturated heterocycles. The van der Waals surface area contributed by atoms with Crippen LogP contribution in [-0.4, -0.2) is 20.4 Å². The van der Waals surface area contributed by atoms with E-state index in [1.165, 1.54) is 11.3 Å². The van der Waals surface area contributed by atoms with Crippen LogP contribution in [0.3, 0.4) is 0 Å². The number of H-pyrrole nitrogens is 1. The van der Waals surface area contributed by atoms with E-state index < -0.39 is 0 Å². The smallest absolute Gasteiger partial charge is 0.281 e. The van der Waals surface area contributed by atoms with Gasteiger partial charge in [0.25, 0.3) is 5.91 Å². The zero-order chi connectivity index (χ0) is 16.5. The van der Waals surface area contributed by atoms with Crippen molar-refractivity contribution in [3.8, 4) is 5.69 Å². The highest BCUT2D eigenvalue weighted by Gasteiger charge is 2.12. The molecule has 1 aromatic carbocycles. The van der Waals surface area contributed by atoms with E-state index in [0.29, 0.717) is 21.0 Å². The summed E-state index contributed by atoms with van der Waals surface area (Å²) in [6, 6.07) is 11.0. The highest BCUT2D eigenvalue weighted by molar-refractivity contribution is 7.07. The molecule has 4 aromatic rings. The third kappa shape index (κ3) is 2.66. The summed E-state index contributed by atoms with van der Waals surface area (Å²) in [6.45, 7) is 0. The molecular weight excluding hydrogens is 344 g/mol. The Labute approximate surface area is 145 Å². The third-order valence-electron chi connectivity index (χ3n) is 3.57. The minimum Gasteiger partial charge on any atom is -0.345 e. The van der Waals surface area contributed by atoms with Gasteiger partial charge in [-0.15, -0.1) is 11.3 Å². The second kappa shape index (κ2) is 6.07. The molecule has 0 bridgehead atoms. The normalized spacial score (nSPS) is 12.0. The van der Waals surface area contributed by atoms with Gasteiger partial charge in [0.1, 0.15) is 5.65 Å². The lowest BCUT2D eigenvalue weighted by Gasteiger charge is -2.02. The van der Waals surface area contributed by atoms with Crippen molar-refractivity contribution in [2.24, 2.45) is 4.99 Å². The molecule has 3 heterocycles. The predicted molar refractivity (Wildman–Crippen MR) is 94.6 cm³/mol. The molecule has 0 atom stereocenters. The molecule has 118 valence electrons. The molecule has 0 aliphatic rings. The highest BCUT2D eigenvalue weighted by Crippen LogP contribution is 2.17. The maximum Gasteiger partial charge on any atom is 0.281 e. The summed E-state index contributed by atoms with van der Waals surface area (Å²) in [5, 5.41) is 3.31. The summed E-state index contributed by atoms with van der Waals surface area (Å²) in [5.74, 6) is -0.306. The number of carbonyl (C=O) groups is 1. The number of hydrogen-bond donors (Lipinski definition) is 1. The standard InChI is InChI=1S/C17H11ClN4OS/c18-11-3-5-12(6-4-11)22-8-9-24-17(22)21-16(23)14-10-20-15-13(14)2-1-7-19-15/h1-10H,(H,19,20)/b21-17-. The van der Waals surface area contributed by atoms with E-state index in [1.807, 2.05) is 34.3 Å². The van der Waals surface area contributed by atoms with Crippen LogP contribution in [0.2, 0.25) is 5.02 Å². The minimum absolute atomic E-state index is 0.306. The van der Waals surface area contributed by atoms with Crippen LogP contribution >= 0.6 is 22.9 Å². The summed E-state index contributed by atoms with van der Waals surface area (Å²) >= 11 is 7.32. The first kappa shape index (κ1) is 14.9. The number of rotatable bonds is 2. The Hall–Kier alpha value is -2.70. The number of nitrogens with zero attached hydrogens (tertiary/aromatic N) is 3. The second-order valence-corrected chi connectivity index (χ2v) is 6.36. The van der Waals surface area contributed by atoms with Crippen LogP contribution in [0, 0.1) is 0 Å². The fourth-order valence-corrected chi connectivity index (χ4v) is 3.28. The van der Waals surface area contributed by atoms with E-state index in [-0.39, 0.29) is 5.91 Å². The molecule has 5 nitrogen and oxygen atoms in total. The Kier molecular flexibility index (Phi) is 3.76. The van der Waals surface area contributed by atoms with Crippen molar-refractivity contribution < 1.29 is 4.79 Å². The Balaban J connectivity index is 1.78. The van der Waals surface area contributed by atoms with Crippen molar-refractivity contribution >= 4 is 39.9 Å². The molecule has 0 unspecified atom stereocenters. The summed E-state index contributed by atoms with van der Waals surface area (Å²) < 4.78 is 1.85. The molecule has 7 heteroatoms. The number of hydrogen-bond acceptors (Lipinski definition) is 3. The molecule has 0 radical (unpaired) electrons. The van der Waals surface area contributed by atoms with E-state index in [2.05, 4.69) is 15.0 Å². The summed E-state index contributed by atoms with van der Waals surface area (Å²) in [7, 11) is 0. The zero-order valence-corrected chi connectivity index (χ0v) is 13.9. The van der Waals surface area contributed by atoms with Gasteiger partial charge in [0.2, 0.25) is 0 Å². The lowest BCUT2D eigenvalue weighted by Crippen LogP contribution is -2.14. The fraction of sp³-hybridized carbons (Fsp3) is 0. The Morgan fingerprint density at radius 1 is 1.25 bits per heavy atom. The third-order valence-corrected chi connectivity index (χ3v) is 4.58. The average Bonchev–Trinajstić information content (AvgIpc) is 3.22. The monoisotopic (exact) mass is 354 g/mol. The molecule has 0 saturated carbocycles. The van der Waals surface area contributed by atoms with Crippen molar-refractivity contribution in [1.29, 1.82) is 0 Å². The molecular formula is C17H11ClN4OS. The van der Waals surface area contributed by atoms with Gasteiger partial charge in [-0.05, 0) is 36.4 Å². The first-order chi connectivity index (χ1) is 11.7. The SMILES string of the molecule is O=C(/N=c1\sccn1-c1ccc(Cl)cc1)c1c[nH]c2ncccc12. The van der Waals surface area contributed by atoms with Crippen LogP contribution in [0.1, 0.15) is 10.4 Å². The first-order valence-electron chi connectivity index (χ1n) is 7.15. The van der Waals surface area contributed by atoms with Crippen molar-refractivity contribution in [3.63, 3.8) is 0 Å². The zero-order valence-electron chi connectivity index (χ0n) is 12.3. The molecule has 1 N–H and O–H groups in total. The fourth-order valence-electron chi connectivity index (χ4n) is 2.43. The number of benzene rings is 1. The second-order valence-electron chi connectivity index (χ2n) is 5.05. The number of thiazole rings is 1. The van der Waals surface area contributed by atoms with Gasteiger partial charge >= 0.3 is 0 Å². The quantitative estimate of drug-likeness (QED) is 0.595. The number of halogens is 1. The number of nitrogens with one attached hydrogen (secondary N) is 1. The molecule has 0 aliphatic heterocycles. The van der Waals surface area contributed by atoms with Crippen LogP contribution in [0.25, 0.3) is 16.7 Å². The molecule has 0 spiro atoms. The van der Waals surface area contributed by atoms with Crippen LogP contribution in [-0.2, 0) is 0 Å². The van der Waals surface area contributed by atoms with Crippen LogP contribution in [0.4, 0.5) is 0 Å². The number of fused-ring (bicyclic) bond motifs is 1. The maximum absolute atomic E-state index is 12.6. The van der Waals surface area contributed by atoms with Crippen LogP contribution in [0.5, 0.6) is 0 Å². The van der Waals surface area contributed by atoms with E-state index >= 15 is 0 Å². The van der Waals surface area contributed by atoms with E-state index in [9.17, 15) is 4.79 Å². The van der Waals surface area contributed by atoms with E-state index in [1.54, 1.807) is 30.6 Å². The number of aromatic nitrogens is 3. The molecule has 0 fully saturated rings. The predicted octanol–water partition coefficient (Wildman–Crippen LogP) is 3.81. The van der Waals surface area contributed by atoms with Crippen LogP contribution < -0.4 is 4.80 Å².